The van der Waals surface area contributed by atoms with Crippen LogP contribution in [0, 0.1) is 0 Å². The van der Waals surface area contributed by atoms with Gasteiger partial charge in [-0.15, -0.1) is 10.2 Å². The molecule has 158 valence electrons. The molecule has 0 bridgehead atoms. The van der Waals surface area contributed by atoms with Gasteiger partial charge in [-0.05, 0) is 24.3 Å². The highest BCUT2D eigenvalue weighted by Crippen LogP contribution is 2.27. The van der Waals surface area contributed by atoms with E-state index in [0.29, 0.717) is 22.8 Å². The van der Waals surface area contributed by atoms with E-state index in [2.05, 4.69) is 25.1 Å². The summed E-state index contributed by atoms with van der Waals surface area (Å²) >= 11 is 0. The zero-order valence-corrected chi connectivity index (χ0v) is 16.3. The first-order chi connectivity index (χ1) is 14.4. The van der Waals surface area contributed by atoms with Crippen LogP contribution in [0.3, 0.4) is 0 Å². The number of nitrogen functional groups attached to an aromatic ring is 2. The third-order valence-corrected chi connectivity index (χ3v) is 4.25. The molecule has 0 aliphatic rings. The fraction of sp³-hybridized carbons (Fsp3) is 0.100. The first kappa shape index (κ1) is 19.0. The van der Waals surface area contributed by atoms with Crippen LogP contribution in [-0.2, 0) is 0 Å². The Morgan fingerprint density at radius 1 is 0.967 bits per heavy atom. The van der Waals surface area contributed by atoms with E-state index in [0.717, 1.165) is 5.56 Å². The van der Waals surface area contributed by atoms with Crippen molar-refractivity contribution in [1.82, 2.24) is 30.0 Å². The first-order valence-electron chi connectivity index (χ1n) is 8.94. The monoisotopic (exact) mass is 410 g/mol. The van der Waals surface area contributed by atoms with Crippen molar-refractivity contribution in [3.8, 4) is 34.4 Å². The molecule has 0 saturated carbocycles. The average Bonchev–Trinajstić information content (AvgIpc) is 3.24. The van der Waals surface area contributed by atoms with Crippen LogP contribution in [0.1, 0.15) is 16.1 Å². The van der Waals surface area contributed by atoms with E-state index in [4.69, 9.17) is 15.9 Å². The Morgan fingerprint density at radius 3 is 2.40 bits per heavy atom. The maximum Gasteiger partial charge on any atom is 0.270 e. The van der Waals surface area contributed by atoms with Crippen molar-refractivity contribution in [1.29, 1.82) is 0 Å². The number of carbonyl (C=O) groups is 1. The molecule has 0 radical (unpaired) electrons. The molecule has 4 rings (SSSR count). The molecule has 1 amide bonds. The fourth-order valence-electron chi connectivity index (χ4n) is 2.73. The molecule has 10 nitrogen and oxygen atoms in total. The van der Waals surface area contributed by atoms with Gasteiger partial charge >= 0.3 is 0 Å². The molecule has 1 aromatic carbocycles. The number of hydrogen-bond donors (Lipinski definition) is 2. The second-order valence-electron chi connectivity index (χ2n) is 6.63. The number of amides is 1. The minimum absolute atomic E-state index is 0. The number of anilines is 2. The highest BCUT2D eigenvalue weighted by Gasteiger charge is 2.18. The lowest BCUT2D eigenvalue weighted by Crippen LogP contribution is -2.21. The van der Waals surface area contributed by atoms with Gasteiger partial charge in [0.2, 0.25) is 0 Å². The van der Waals surface area contributed by atoms with Crippen LogP contribution in [0.25, 0.3) is 34.4 Å². The van der Waals surface area contributed by atoms with E-state index >= 15 is 0 Å². The quantitative estimate of drug-likeness (QED) is 0.517. The number of rotatable bonds is 4. The molecule has 0 fully saturated rings. The summed E-state index contributed by atoms with van der Waals surface area (Å²) in [7, 11) is 3.40. The lowest BCUT2D eigenvalue weighted by Gasteiger charge is -2.10. The van der Waals surface area contributed by atoms with Gasteiger partial charge in [-0.3, -0.25) is 4.79 Å². The van der Waals surface area contributed by atoms with Gasteiger partial charge in [0, 0.05) is 30.9 Å². The van der Waals surface area contributed by atoms with Crippen LogP contribution in [0.4, 0.5) is 11.6 Å². The van der Waals surface area contributed by atoms with E-state index in [1.807, 2.05) is 0 Å². The summed E-state index contributed by atoms with van der Waals surface area (Å²) in [5.74, 6) is 0.703. The van der Waals surface area contributed by atoms with Crippen LogP contribution in [-0.4, -0.2) is 50.1 Å². The van der Waals surface area contributed by atoms with Gasteiger partial charge < -0.3 is 20.8 Å². The van der Waals surface area contributed by atoms with Crippen molar-refractivity contribution in [2.75, 3.05) is 25.6 Å². The smallest absolute Gasteiger partial charge is 0.270 e. The number of nitrogens with two attached hydrogens (primary N) is 2. The van der Waals surface area contributed by atoms with Crippen molar-refractivity contribution in [3.05, 3.63) is 54.2 Å². The number of carbonyl (C=O) groups excluding carboxylic acids is 1. The van der Waals surface area contributed by atoms with E-state index in [1.165, 1.54) is 4.90 Å². The zero-order valence-electron chi connectivity index (χ0n) is 16.3. The summed E-state index contributed by atoms with van der Waals surface area (Å²) in [6.45, 7) is 0. The summed E-state index contributed by atoms with van der Waals surface area (Å²) in [5.41, 5.74) is 14.3. The molecule has 4 aromatic rings. The Bertz CT molecular complexity index is 1240. The molecule has 0 unspecified atom stereocenters. The van der Waals surface area contributed by atoms with Gasteiger partial charge in [0.1, 0.15) is 11.5 Å². The molecule has 0 aliphatic heterocycles. The Balaban J connectivity index is 0.00000272. The maximum atomic E-state index is 12.1. The molecule has 3 aromatic heterocycles. The van der Waals surface area contributed by atoms with Gasteiger partial charge in [-0.2, -0.15) is 0 Å². The summed E-state index contributed by atoms with van der Waals surface area (Å²) in [5, 5.41) is 8.01. The third-order valence-electron chi connectivity index (χ3n) is 4.25. The predicted octanol–water partition coefficient (Wildman–Crippen LogP) is 3.11. The van der Waals surface area contributed by atoms with Crippen LogP contribution in [0.5, 0.6) is 0 Å². The maximum absolute atomic E-state index is 12.1. The van der Waals surface area contributed by atoms with E-state index < -0.39 is 0 Å². The van der Waals surface area contributed by atoms with Crippen molar-refractivity contribution in [3.63, 3.8) is 0 Å². The number of aromatic nitrogens is 5. The van der Waals surface area contributed by atoms with Crippen molar-refractivity contribution in [2.24, 2.45) is 0 Å². The van der Waals surface area contributed by atoms with Gasteiger partial charge in [0.25, 0.3) is 17.7 Å². The Labute approximate surface area is 177 Å². The molecule has 10 heteroatoms. The SMILES string of the molecule is CN(C)C(=O)c1ccc(-c2cnc(N)c(-c3nnc(-c4cccc(N)n4)o3)n2)cc1.[HH].[HH].[HH].[HH]. The molecule has 0 saturated heterocycles. The molecule has 0 atom stereocenters. The van der Waals surface area contributed by atoms with Crippen LogP contribution in [0.2, 0.25) is 0 Å². The Morgan fingerprint density at radius 2 is 1.70 bits per heavy atom. The zero-order chi connectivity index (χ0) is 21.3. The molecule has 4 N–H and O–H groups in total. The second kappa shape index (κ2) is 7.59. The summed E-state index contributed by atoms with van der Waals surface area (Å²) in [6, 6.07) is 12.1. The molecule has 0 spiro atoms. The molecular formula is C20H26N8O2. The largest absolute Gasteiger partial charge is 0.413 e. The van der Waals surface area contributed by atoms with E-state index in [-0.39, 0.29) is 34.9 Å². The highest BCUT2D eigenvalue weighted by atomic mass is 16.4. The van der Waals surface area contributed by atoms with Gasteiger partial charge in [-0.25, -0.2) is 15.0 Å². The fourth-order valence-corrected chi connectivity index (χ4v) is 2.73. The Hall–Kier alpha value is -4.34. The van der Waals surface area contributed by atoms with Crippen molar-refractivity contribution >= 4 is 17.5 Å². The second-order valence-corrected chi connectivity index (χ2v) is 6.63. The van der Waals surface area contributed by atoms with Crippen LogP contribution < -0.4 is 11.5 Å². The minimum Gasteiger partial charge on any atom is -0.413 e. The van der Waals surface area contributed by atoms with E-state index in [9.17, 15) is 4.79 Å². The predicted molar refractivity (Wildman–Crippen MR) is 119 cm³/mol. The van der Waals surface area contributed by atoms with Gasteiger partial charge in [0.15, 0.2) is 11.5 Å². The standard InChI is InChI=1S/C20H18N8O2.4H2/c1-28(2)20(29)12-8-6-11(7-9-12)14-10-23-17(22)16(25-14)19-27-26-18(30-19)13-4-3-5-15(21)24-13;;;;/h3-10H,1-2H3,(H2,21,24)(H2,22,23);4*1H. The molecule has 30 heavy (non-hydrogen) atoms. The summed E-state index contributed by atoms with van der Waals surface area (Å²) in [6.07, 6.45) is 1.54. The lowest BCUT2D eigenvalue weighted by molar-refractivity contribution is 0.0827. The number of hydrogen-bond acceptors (Lipinski definition) is 9. The van der Waals surface area contributed by atoms with E-state index in [1.54, 1.807) is 62.8 Å². The third kappa shape index (κ3) is 3.65. The average molecular weight is 410 g/mol. The normalized spacial score (nSPS) is 10.7. The minimum atomic E-state index is -0.0841. The molecule has 3 heterocycles. The number of pyridine rings is 1. The van der Waals surface area contributed by atoms with Crippen molar-refractivity contribution in [2.45, 2.75) is 0 Å². The van der Waals surface area contributed by atoms with Gasteiger partial charge in [0.05, 0.1) is 11.9 Å². The molecular weight excluding hydrogens is 384 g/mol. The topological polar surface area (TPSA) is 150 Å². The summed E-state index contributed by atoms with van der Waals surface area (Å²) in [4.78, 5) is 26.4. The summed E-state index contributed by atoms with van der Waals surface area (Å²) < 4.78 is 5.69. The molecule has 0 aliphatic carbocycles. The first-order valence-corrected chi connectivity index (χ1v) is 8.94. The lowest BCUT2D eigenvalue weighted by atomic mass is 10.1. The van der Waals surface area contributed by atoms with Gasteiger partial charge in [-0.1, -0.05) is 18.2 Å². The number of nitrogens with zero attached hydrogens (tertiary/aromatic N) is 6. The Kier molecular flexibility index (Phi) is 4.80. The van der Waals surface area contributed by atoms with Crippen molar-refractivity contribution < 1.29 is 14.9 Å². The number of benzene rings is 1. The van der Waals surface area contributed by atoms with Crippen LogP contribution in [0.15, 0.2) is 53.1 Å². The van der Waals surface area contributed by atoms with Crippen LogP contribution >= 0.6 is 0 Å². The highest BCUT2D eigenvalue weighted by molar-refractivity contribution is 5.94.